The summed E-state index contributed by atoms with van der Waals surface area (Å²) >= 11 is 0. The van der Waals surface area contributed by atoms with Crippen LogP contribution in [0.4, 0.5) is 0 Å². The van der Waals surface area contributed by atoms with Gasteiger partial charge < -0.3 is 15.7 Å². The van der Waals surface area contributed by atoms with Gasteiger partial charge in [-0.3, -0.25) is 9.59 Å². The number of hydrogen-bond donors (Lipinski definition) is 3. The topological polar surface area (TPSA) is 78.4 Å². The van der Waals surface area contributed by atoms with E-state index in [1.807, 2.05) is 0 Å². The van der Waals surface area contributed by atoms with Crippen molar-refractivity contribution in [1.29, 1.82) is 0 Å². The lowest BCUT2D eigenvalue weighted by Gasteiger charge is -2.30. The van der Waals surface area contributed by atoms with Gasteiger partial charge in [-0.05, 0) is 12.8 Å². The van der Waals surface area contributed by atoms with Gasteiger partial charge >= 0.3 is 5.97 Å². The molecule has 2 aliphatic rings. The van der Waals surface area contributed by atoms with Gasteiger partial charge in [0.25, 0.3) is 0 Å². The summed E-state index contributed by atoms with van der Waals surface area (Å²) in [6.07, 6.45) is 4.51. The van der Waals surface area contributed by atoms with Crippen molar-refractivity contribution in [2.75, 3.05) is 13.1 Å². The standard InChI is InChI=1S/C12H20N2O3/c15-11(8-6-13-7-8)14-10-5-3-1-2-4-9(10)12(16)17/h8-10,13H,1-7H2,(H,14,15)(H,16,17). The molecule has 0 radical (unpaired) electrons. The van der Waals surface area contributed by atoms with Crippen LogP contribution in [0.5, 0.6) is 0 Å². The minimum atomic E-state index is -0.774. The number of carbonyl (C=O) groups is 2. The Balaban J connectivity index is 1.94. The zero-order valence-corrected chi connectivity index (χ0v) is 9.95. The van der Waals surface area contributed by atoms with Crippen LogP contribution in [0.3, 0.4) is 0 Å². The maximum Gasteiger partial charge on any atom is 0.308 e. The smallest absolute Gasteiger partial charge is 0.308 e. The molecular formula is C12H20N2O3. The lowest BCUT2D eigenvalue weighted by atomic mass is 9.93. The molecule has 1 aliphatic heterocycles. The molecule has 2 rings (SSSR count). The number of amides is 1. The maximum absolute atomic E-state index is 11.8. The molecule has 0 bridgehead atoms. The number of aliphatic carboxylic acids is 1. The third-order valence-electron chi connectivity index (χ3n) is 3.81. The Bertz CT molecular complexity index is 302. The van der Waals surface area contributed by atoms with Crippen LogP contribution in [0.1, 0.15) is 32.1 Å². The van der Waals surface area contributed by atoms with Gasteiger partial charge in [0.15, 0.2) is 0 Å². The van der Waals surface area contributed by atoms with E-state index in [1.165, 1.54) is 0 Å². The number of carboxylic acid groups (broad SMARTS) is 1. The molecular weight excluding hydrogens is 220 g/mol. The van der Waals surface area contributed by atoms with Crippen LogP contribution in [0.15, 0.2) is 0 Å². The normalized spacial score (nSPS) is 30.1. The van der Waals surface area contributed by atoms with Crippen molar-refractivity contribution in [2.24, 2.45) is 11.8 Å². The van der Waals surface area contributed by atoms with Crippen LogP contribution in [0, 0.1) is 11.8 Å². The van der Waals surface area contributed by atoms with E-state index in [4.69, 9.17) is 0 Å². The van der Waals surface area contributed by atoms with Crippen LogP contribution in [-0.2, 0) is 9.59 Å². The zero-order valence-electron chi connectivity index (χ0n) is 9.95. The zero-order chi connectivity index (χ0) is 12.3. The fourth-order valence-electron chi connectivity index (χ4n) is 2.55. The highest BCUT2D eigenvalue weighted by Gasteiger charge is 2.33. The van der Waals surface area contributed by atoms with Gasteiger partial charge in [0.1, 0.15) is 0 Å². The number of nitrogens with one attached hydrogen (secondary N) is 2. The highest BCUT2D eigenvalue weighted by molar-refractivity contribution is 5.81. The Hall–Kier alpha value is -1.10. The molecule has 2 unspecified atom stereocenters. The Morgan fingerprint density at radius 2 is 1.82 bits per heavy atom. The third kappa shape index (κ3) is 2.97. The highest BCUT2D eigenvalue weighted by Crippen LogP contribution is 2.24. The predicted molar refractivity (Wildman–Crippen MR) is 62.5 cm³/mol. The van der Waals surface area contributed by atoms with E-state index in [1.54, 1.807) is 0 Å². The van der Waals surface area contributed by atoms with Crippen molar-refractivity contribution in [1.82, 2.24) is 10.6 Å². The average Bonchev–Trinajstić information content (AvgIpc) is 2.40. The second-order valence-electron chi connectivity index (χ2n) is 5.05. The predicted octanol–water partition coefficient (Wildman–Crippen LogP) is 0.355. The number of hydrogen-bond acceptors (Lipinski definition) is 3. The van der Waals surface area contributed by atoms with E-state index in [-0.39, 0.29) is 17.9 Å². The molecule has 1 heterocycles. The van der Waals surface area contributed by atoms with E-state index >= 15 is 0 Å². The monoisotopic (exact) mass is 240 g/mol. The largest absolute Gasteiger partial charge is 0.481 e. The number of rotatable bonds is 3. The summed E-state index contributed by atoms with van der Waals surface area (Å²) in [7, 11) is 0. The molecule has 1 saturated heterocycles. The van der Waals surface area contributed by atoms with Gasteiger partial charge in [-0.1, -0.05) is 19.3 Å². The first-order valence-corrected chi connectivity index (χ1v) is 6.42. The van der Waals surface area contributed by atoms with Gasteiger partial charge in [-0.15, -0.1) is 0 Å². The summed E-state index contributed by atoms with van der Waals surface area (Å²) < 4.78 is 0. The van der Waals surface area contributed by atoms with E-state index in [2.05, 4.69) is 10.6 Å². The average molecular weight is 240 g/mol. The van der Waals surface area contributed by atoms with Crippen molar-refractivity contribution < 1.29 is 14.7 Å². The molecule has 0 aromatic heterocycles. The Kier molecular flexibility index (Phi) is 3.99. The van der Waals surface area contributed by atoms with Crippen molar-refractivity contribution in [3.8, 4) is 0 Å². The maximum atomic E-state index is 11.8. The van der Waals surface area contributed by atoms with Crippen LogP contribution >= 0.6 is 0 Å². The third-order valence-corrected chi connectivity index (χ3v) is 3.81. The van der Waals surface area contributed by atoms with Gasteiger partial charge in [0.2, 0.25) is 5.91 Å². The lowest BCUT2D eigenvalue weighted by Crippen LogP contribution is -2.54. The molecule has 1 amide bonds. The van der Waals surface area contributed by atoms with E-state index < -0.39 is 11.9 Å². The van der Waals surface area contributed by atoms with Crippen molar-refractivity contribution in [2.45, 2.75) is 38.1 Å². The fourth-order valence-corrected chi connectivity index (χ4v) is 2.55. The molecule has 5 nitrogen and oxygen atoms in total. The molecule has 5 heteroatoms. The lowest BCUT2D eigenvalue weighted by molar-refractivity contribution is -0.143. The number of carbonyl (C=O) groups excluding carboxylic acids is 1. The summed E-state index contributed by atoms with van der Waals surface area (Å²) in [6.45, 7) is 1.44. The van der Waals surface area contributed by atoms with E-state index in [0.717, 1.165) is 38.8 Å². The van der Waals surface area contributed by atoms with Crippen molar-refractivity contribution in [3.05, 3.63) is 0 Å². The summed E-state index contributed by atoms with van der Waals surface area (Å²) in [6, 6.07) is -0.178. The minimum absolute atomic E-state index is 0.0156. The fraction of sp³-hybridized carbons (Fsp3) is 0.833. The molecule has 96 valence electrons. The van der Waals surface area contributed by atoms with Crippen LogP contribution in [0.25, 0.3) is 0 Å². The summed E-state index contributed by atoms with van der Waals surface area (Å²) in [4.78, 5) is 23.0. The second-order valence-corrected chi connectivity index (χ2v) is 5.05. The quantitative estimate of drug-likeness (QED) is 0.622. The van der Waals surface area contributed by atoms with Crippen molar-refractivity contribution in [3.63, 3.8) is 0 Å². The van der Waals surface area contributed by atoms with E-state index in [0.29, 0.717) is 6.42 Å². The SMILES string of the molecule is O=C(NC1CCCCCC1C(=O)O)C1CNC1. The Morgan fingerprint density at radius 1 is 1.12 bits per heavy atom. The first-order valence-electron chi connectivity index (χ1n) is 6.42. The van der Waals surface area contributed by atoms with Gasteiger partial charge in [-0.2, -0.15) is 0 Å². The highest BCUT2D eigenvalue weighted by atomic mass is 16.4. The van der Waals surface area contributed by atoms with E-state index in [9.17, 15) is 14.7 Å². The molecule has 2 fully saturated rings. The van der Waals surface area contributed by atoms with Gasteiger partial charge in [0.05, 0.1) is 11.8 Å². The van der Waals surface area contributed by atoms with Crippen molar-refractivity contribution >= 4 is 11.9 Å². The minimum Gasteiger partial charge on any atom is -0.481 e. The van der Waals surface area contributed by atoms with Crippen LogP contribution in [-0.4, -0.2) is 36.1 Å². The van der Waals surface area contributed by atoms with Gasteiger partial charge in [0, 0.05) is 19.1 Å². The molecule has 17 heavy (non-hydrogen) atoms. The van der Waals surface area contributed by atoms with Crippen LogP contribution in [0.2, 0.25) is 0 Å². The molecule has 3 N–H and O–H groups in total. The molecule has 0 aromatic rings. The molecule has 0 spiro atoms. The Morgan fingerprint density at radius 3 is 2.41 bits per heavy atom. The second kappa shape index (κ2) is 5.49. The summed E-state index contributed by atoms with van der Waals surface area (Å²) in [5.41, 5.74) is 0. The number of carboxylic acids is 1. The Labute approximate surface area is 101 Å². The first kappa shape index (κ1) is 12.4. The summed E-state index contributed by atoms with van der Waals surface area (Å²) in [5.74, 6) is -1.13. The molecule has 2 atom stereocenters. The summed E-state index contributed by atoms with van der Waals surface area (Å²) in [5, 5.41) is 15.2. The first-order chi connectivity index (χ1) is 8.18. The van der Waals surface area contributed by atoms with Crippen LogP contribution < -0.4 is 10.6 Å². The van der Waals surface area contributed by atoms with Gasteiger partial charge in [-0.25, -0.2) is 0 Å². The molecule has 1 aliphatic carbocycles. The molecule has 1 saturated carbocycles. The molecule has 0 aromatic carbocycles.